The molecule has 1 atom stereocenters. The molecule has 0 radical (unpaired) electrons. The number of rotatable bonds is 6. The Morgan fingerprint density at radius 2 is 1.84 bits per heavy atom. The molecule has 0 aliphatic heterocycles. The number of methoxy groups -OCH3 is 2. The Labute approximate surface area is 118 Å². The van der Waals surface area contributed by atoms with E-state index in [1.165, 1.54) is 4.88 Å². The lowest BCUT2D eigenvalue weighted by Crippen LogP contribution is -2.08. The van der Waals surface area contributed by atoms with Gasteiger partial charge in [0, 0.05) is 28.8 Å². The highest BCUT2D eigenvalue weighted by Crippen LogP contribution is 2.31. The van der Waals surface area contributed by atoms with Crippen molar-refractivity contribution in [2.45, 2.75) is 19.4 Å². The maximum atomic E-state index is 5.29. The normalized spacial score (nSPS) is 11.9. The van der Waals surface area contributed by atoms with E-state index in [4.69, 9.17) is 9.47 Å². The van der Waals surface area contributed by atoms with Crippen LogP contribution >= 0.6 is 11.3 Å². The van der Waals surface area contributed by atoms with Gasteiger partial charge in [0.15, 0.2) is 0 Å². The SMILES string of the molecule is CCC(Nc1cc(OC)cc(OC)c1)c1cccs1. The van der Waals surface area contributed by atoms with Crippen LogP contribution in [0.4, 0.5) is 5.69 Å². The van der Waals surface area contributed by atoms with E-state index in [1.54, 1.807) is 25.6 Å². The van der Waals surface area contributed by atoms with Gasteiger partial charge in [-0.25, -0.2) is 0 Å². The monoisotopic (exact) mass is 277 g/mol. The molecule has 0 bridgehead atoms. The van der Waals surface area contributed by atoms with Crippen molar-refractivity contribution in [3.8, 4) is 11.5 Å². The first-order chi connectivity index (χ1) is 9.26. The van der Waals surface area contributed by atoms with E-state index in [1.807, 2.05) is 18.2 Å². The number of nitrogens with one attached hydrogen (secondary N) is 1. The van der Waals surface area contributed by atoms with E-state index >= 15 is 0 Å². The van der Waals surface area contributed by atoms with Crippen molar-refractivity contribution in [1.82, 2.24) is 0 Å². The Hall–Kier alpha value is -1.68. The minimum absolute atomic E-state index is 0.316. The summed E-state index contributed by atoms with van der Waals surface area (Å²) >= 11 is 1.77. The van der Waals surface area contributed by atoms with Gasteiger partial charge in [-0.3, -0.25) is 0 Å². The fourth-order valence-electron chi connectivity index (χ4n) is 1.96. The summed E-state index contributed by atoms with van der Waals surface area (Å²) in [6, 6.07) is 10.4. The molecular formula is C15H19NO2S. The second-order valence-electron chi connectivity index (χ2n) is 4.22. The van der Waals surface area contributed by atoms with E-state index in [9.17, 15) is 0 Å². The molecule has 1 N–H and O–H groups in total. The minimum atomic E-state index is 0.316. The molecule has 102 valence electrons. The highest BCUT2D eigenvalue weighted by atomic mass is 32.1. The third-order valence-electron chi connectivity index (χ3n) is 2.99. The number of ether oxygens (including phenoxy) is 2. The fraction of sp³-hybridized carbons (Fsp3) is 0.333. The van der Waals surface area contributed by atoms with Crippen LogP contribution in [0.5, 0.6) is 11.5 Å². The molecule has 2 rings (SSSR count). The van der Waals surface area contributed by atoms with Crippen molar-refractivity contribution in [2.75, 3.05) is 19.5 Å². The van der Waals surface area contributed by atoms with Crippen molar-refractivity contribution in [3.63, 3.8) is 0 Å². The summed E-state index contributed by atoms with van der Waals surface area (Å²) in [5, 5.41) is 5.63. The summed E-state index contributed by atoms with van der Waals surface area (Å²) in [5.41, 5.74) is 1.01. The molecule has 0 aliphatic rings. The van der Waals surface area contributed by atoms with Crippen LogP contribution in [0.15, 0.2) is 35.7 Å². The Kier molecular flexibility index (Phi) is 4.68. The van der Waals surface area contributed by atoms with Gasteiger partial charge in [-0.05, 0) is 17.9 Å². The van der Waals surface area contributed by atoms with E-state index in [0.717, 1.165) is 23.6 Å². The third-order valence-corrected chi connectivity index (χ3v) is 3.97. The summed E-state index contributed by atoms with van der Waals surface area (Å²) in [6.45, 7) is 2.18. The minimum Gasteiger partial charge on any atom is -0.497 e. The molecule has 0 saturated carbocycles. The summed E-state index contributed by atoms with van der Waals surface area (Å²) in [5.74, 6) is 1.59. The molecule has 4 heteroatoms. The van der Waals surface area contributed by atoms with Gasteiger partial charge in [-0.15, -0.1) is 11.3 Å². The number of anilines is 1. The predicted octanol–water partition coefficient (Wildman–Crippen LogP) is 4.33. The van der Waals surface area contributed by atoms with Crippen LogP contribution in [0.25, 0.3) is 0 Å². The second kappa shape index (κ2) is 6.48. The van der Waals surface area contributed by atoms with Gasteiger partial charge in [-0.2, -0.15) is 0 Å². The Morgan fingerprint density at radius 3 is 2.32 bits per heavy atom. The molecule has 2 aromatic rings. The number of hydrogen-bond acceptors (Lipinski definition) is 4. The second-order valence-corrected chi connectivity index (χ2v) is 5.20. The smallest absolute Gasteiger partial charge is 0.124 e. The highest BCUT2D eigenvalue weighted by molar-refractivity contribution is 7.10. The molecule has 0 aliphatic carbocycles. The highest BCUT2D eigenvalue weighted by Gasteiger charge is 2.11. The molecule has 3 nitrogen and oxygen atoms in total. The molecule has 1 unspecified atom stereocenters. The van der Waals surface area contributed by atoms with Crippen LogP contribution in [0.1, 0.15) is 24.3 Å². The lowest BCUT2D eigenvalue weighted by molar-refractivity contribution is 0.394. The maximum Gasteiger partial charge on any atom is 0.124 e. The first-order valence-electron chi connectivity index (χ1n) is 6.29. The van der Waals surface area contributed by atoms with Gasteiger partial charge in [0.25, 0.3) is 0 Å². The average molecular weight is 277 g/mol. The quantitative estimate of drug-likeness (QED) is 0.852. The van der Waals surface area contributed by atoms with Crippen LogP contribution in [0.3, 0.4) is 0 Å². The van der Waals surface area contributed by atoms with Gasteiger partial charge in [0.1, 0.15) is 11.5 Å². The Bertz CT molecular complexity index is 489. The zero-order valence-electron chi connectivity index (χ0n) is 11.5. The van der Waals surface area contributed by atoms with Gasteiger partial charge in [0.05, 0.1) is 20.3 Å². The largest absolute Gasteiger partial charge is 0.497 e. The van der Waals surface area contributed by atoms with Crippen LogP contribution in [-0.4, -0.2) is 14.2 Å². The average Bonchev–Trinajstić information content (AvgIpc) is 2.98. The van der Waals surface area contributed by atoms with Crippen molar-refractivity contribution >= 4 is 17.0 Å². The van der Waals surface area contributed by atoms with Crippen molar-refractivity contribution < 1.29 is 9.47 Å². The van der Waals surface area contributed by atoms with Crippen LogP contribution in [0, 0.1) is 0 Å². The zero-order valence-corrected chi connectivity index (χ0v) is 12.3. The van der Waals surface area contributed by atoms with Crippen molar-refractivity contribution in [3.05, 3.63) is 40.6 Å². The lowest BCUT2D eigenvalue weighted by atomic mass is 10.1. The fourth-order valence-corrected chi connectivity index (χ4v) is 2.82. The van der Waals surface area contributed by atoms with E-state index in [2.05, 4.69) is 29.8 Å². The standard InChI is InChI=1S/C15H19NO2S/c1-4-14(15-6-5-7-19-15)16-11-8-12(17-2)10-13(9-11)18-3/h5-10,14,16H,4H2,1-3H3. The van der Waals surface area contributed by atoms with E-state index < -0.39 is 0 Å². The molecule has 0 saturated heterocycles. The molecular weight excluding hydrogens is 258 g/mol. The van der Waals surface area contributed by atoms with Crippen molar-refractivity contribution in [1.29, 1.82) is 0 Å². The van der Waals surface area contributed by atoms with Crippen molar-refractivity contribution in [2.24, 2.45) is 0 Å². The Balaban J connectivity index is 2.21. The molecule has 0 fully saturated rings. The topological polar surface area (TPSA) is 30.5 Å². The number of benzene rings is 1. The Morgan fingerprint density at radius 1 is 1.16 bits per heavy atom. The third kappa shape index (κ3) is 3.41. The first kappa shape index (κ1) is 13.7. The van der Waals surface area contributed by atoms with Crippen LogP contribution in [-0.2, 0) is 0 Å². The van der Waals surface area contributed by atoms with E-state index in [-0.39, 0.29) is 0 Å². The number of hydrogen-bond donors (Lipinski definition) is 1. The van der Waals surface area contributed by atoms with Gasteiger partial charge in [-0.1, -0.05) is 13.0 Å². The molecule has 1 aromatic carbocycles. The molecule has 19 heavy (non-hydrogen) atoms. The van der Waals surface area contributed by atoms with Crippen LogP contribution < -0.4 is 14.8 Å². The predicted molar refractivity (Wildman–Crippen MR) is 80.5 cm³/mol. The molecule has 1 aromatic heterocycles. The molecule has 0 spiro atoms. The van der Waals surface area contributed by atoms with Gasteiger partial charge >= 0.3 is 0 Å². The van der Waals surface area contributed by atoms with Crippen LogP contribution in [0.2, 0.25) is 0 Å². The summed E-state index contributed by atoms with van der Waals surface area (Å²) in [6.07, 6.45) is 1.03. The first-order valence-corrected chi connectivity index (χ1v) is 7.17. The van der Waals surface area contributed by atoms with Gasteiger partial charge < -0.3 is 14.8 Å². The summed E-state index contributed by atoms with van der Waals surface area (Å²) in [4.78, 5) is 1.34. The zero-order chi connectivity index (χ0) is 13.7. The number of thiophene rings is 1. The van der Waals surface area contributed by atoms with E-state index in [0.29, 0.717) is 6.04 Å². The maximum absolute atomic E-state index is 5.29. The molecule has 0 amide bonds. The lowest BCUT2D eigenvalue weighted by Gasteiger charge is -2.18. The molecule has 1 heterocycles. The summed E-state index contributed by atoms with van der Waals surface area (Å²) < 4.78 is 10.6. The summed E-state index contributed by atoms with van der Waals surface area (Å²) in [7, 11) is 3.32. The van der Waals surface area contributed by atoms with Gasteiger partial charge in [0.2, 0.25) is 0 Å².